The number of carboxylic acids is 1. The van der Waals surface area contributed by atoms with Crippen LogP contribution in [0.1, 0.15) is 18.9 Å². The van der Waals surface area contributed by atoms with Gasteiger partial charge in [0.15, 0.2) is 0 Å². The van der Waals surface area contributed by atoms with Gasteiger partial charge in [0.25, 0.3) is 0 Å². The van der Waals surface area contributed by atoms with E-state index >= 15 is 0 Å². The molecule has 0 aliphatic carbocycles. The average molecular weight is 210 g/mol. The highest BCUT2D eigenvalue weighted by Crippen LogP contribution is 2.15. The van der Waals surface area contributed by atoms with Gasteiger partial charge in [0.2, 0.25) is 0 Å². The minimum absolute atomic E-state index is 0.0383. The van der Waals surface area contributed by atoms with Gasteiger partial charge in [-0.25, -0.2) is 0 Å². The van der Waals surface area contributed by atoms with Crippen LogP contribution in [0.5, 0.6) is 5.75 Å². The Morgan fingerprint density at radius 1 is 1.53 bits per heavy atom. The first-order valence-corrected chi connectivity index (χ1v) is 4.70. The van der Waals surface area contributed by atoms with Crippen molar-refractivity contribution in [3.05, 3.63) is 29.8 Å². The summed E-state index contributed by atoms with van der Waals surface area (Å²) in [6.45, 7) is 1.64. The molecule has 0 radical (unpaired) electrons. The van der Waals surface area contributed by atoms with Crippen LogP contribution in [-0.2, 0) is 11.4 Å². The number of aliphatic hydroxyl groups is 1. The summed E-state index contributed by atoms with van der Waals surface area (Å²) in [5.41, 5.74) is 0.745. The third-order valence-electron chi connectivity index (χ3n) is 1.88. The Hall–Kier alpha value is -1.55. The van der Waals surface area contributed by atoms with Gasteiger partial charge in [0, 0.05) is 0 Å². The summed E-state index contributed by atoms with van der Waals surface area (Å²) >= 11 is 0. The quantitative estimate of drug-likeness (QED) is 0.771. The first-order chi connectivity index (χ1) is 7.11. The van der Waals surface area contributed by atoms with Gasteiger partial charge in [-0.2, -0.15) is 0 Å². The molecule has 0 aliphatic heterocycles. The number of carboxylic acid groups (broad SMARTS) is 1. The molecule has 2 N–H and O–H groups in total. The number of hydrogen-bond acceptors (Lipinski definition) is 3. The summed E-state index contributed by atoms with van der Waals surface area (Å²) in [5.74, 6) is -0.309. The highest BCUT2D eigenvalue weighted by atomic mass is 16.5. The SMILES string of the molecule is C[C@@H](CC(=O)O)Oc1cccc(CO)c1. The van der Waals surface area contributed by atoms with Crippen LogP contribution in [0.3, 0.4) is 0 Å². The highest BCUT2D eigenvalue weighted by Gasteiger charge is 2.08. The number of benzene rings is 1. The zero-order chi connectivity index (χ0) is 11.3. The largest absolute Gasteiger partial charge is 0.490 e. The standard InChI is InChI=1S/C11H14O4/c1-8(5-11(13)14)15-10-4-2-3-9(6-10)7-12/h2-4,6,8,12H,5,7H2,1H3,(H,13,14)/t8-/m0/s1. The smallest absolute Gasteiger partial charge is 0.307 e. The lowest BCUT2D eigenvalue weighted by atomic mass is 10.2. The molecule has 82 valence electrons. The summed E-state index contributed by atoms with van der Waals surface area (Å²) in [5, 5.41) is 17.4. The van der Waals surface area contributed by atoms with Crippen LogP contribution < -0.4 is 4.74 Å². The van der Waals surface area contributed by atoms with Crippen molar-refractivity contribution >= 4 is 5.97 Å². The molecule has 0 bridgehead atoms. The summed E-state index contributed by atoms with van der Waals surface area (Å²) in [6, 6.07) is 6.96. The van der Waals surface area contributed by atoms with Crippen molar-refractivity contribution in [2.45, 2.75) is 26.1 Å². The molecule has 0 fully saturated rings. The van der Waals surface area contributed by atoms with E-state index in [9.17, 15) is 4.79 Å². The number of aliphatic hydroxyl groups excluding tert-OH is 1. The van der Waals surface area contributed by atoms with Crippen molar-refractivity contribution in [1.82, 2.24) is 0 Å². The lowest BCUT2D eigenvalue weighted by molar-refractivity contribution is -0.138. The van der Waals surface area contributed by atoms with Crippen LogP contribution in [0.2, 0.25) is 0 Å². The Bertz CT molecular complexity index is 335. The number of hydrogen-bond donors (Lipinski definition) is 2. The molecule has 0 unspecified atom stereocenters. The summed E-state index contributed by atoms with van der Waals surface area (Å²) < 4.78 is 5.38. The zero-order valence-corrected chi connectivity index (χ0v) is 8.51. The maximum absolute atomic E-state index is 10.4. The fourth-order valence-electron chi connectivity index (χ4n) is 1.24. The van der Waals surface area contributed by atoms with E-state index in [1.807, 2.05) is 0 Å². The van der Waals surface area contributed by atoms with E-state index in [1.165, 1.54) is 0 Å². The van der Waals surface area contributed by atoms with Gasteiger partial charge in [-0.3, -0.25) is 4.79 Å². The van der Waals surface area contributed by atoms with Crippen LogP contribution in [0.15, 0.2) is 24.3 Å². The number of rotatable bonds is 5. The minimum Gasteiger partial charge on any atom is -0.490 e. The molecule has 1 aromatic carbocycles. The minimum atomic E-state index is -0.888. The molecule has 0 spiro atoms. The highest BCUT2D eigenvalue weighted by molar-refractivity contribution is 5.67. The molecule has 1 aromatic rings. The predicted molar refractivity (Wildman–Crippen MR) is 54.7 cm³/mol. The molecule has 4 nitrogen and oxygen atoms in total. The molecule has 0 amide bonds. The van der Waals surface area contributed by atoms with E-state index in [0.29, 0.717) is 5.75 Å². The van der Waals surface area contributed by atoms with E-state index in [2.05, 4.69) is 0 Å². The molecule has 1 atom stereocenters. The third-order valence-corrected chi connectivity index (χ3v) is 1.88. The maximum atomic E-state index is 10.4. The molecule has 0 heterocycles. The van der Waals surface area contributed by atoms with E-state index in [0.717, 1.165) is 5.56 Å². The first kappa shape index (κ1) is 11.5. The van der Waals surface area contributed by atoms with Gasteiger partial charge in [-0.05, 0) is 24.6 Å². The molecule has 0 aliphatic rings. The number of carbonyl (C=O) groups is 1. The fraction of sp³-hybridized carbons (Fsp3) is 0.364. The Morgan fingerprint density at radius 2 is 2.27 bits per heavy atom. The van der Waals surface area contributed by atoms with Crippen LogP contribution in [0.4, 0.5) is 0 Å². The first-order valence-electron chi connectivity index (χ1n) is 4.70. The van der Waals surface area contributed by atoms with Gasteiger partial charge in [0.05, 0.1) is 13.0 Å². The van der Waals surface area contributed by atoms with Gasteiger partial charge in [-0.1, -0.05) is 12.1 Å². The number of aliphatic carboxylic acids is 1. The second-order valence-corrected chi connectivity index (χ2v) is 3.33. The molecule has 0 saturated carbocycles. The second-order valence-electron chi connectivity index (χ2n) is 3.33. The molecule has 0 aromatic heterocycles. The molecule has 15 heavy (non-hydrogen) atoms. The van der Waals surface area contributed by atoms with Crippen LogP contribution in [0.25, 0.3) is 0 Å². The summed E-state index contributed by atoms with van der Waals surface area (Å²) in [6.07, 6.45) is -0.417. The lowest BCUT2D eigenvalue weighted by Crippen LogP contribution is -2.16. The van der Waals surface area contributed by atoms with E-state index in [1.54, 1.807) is 31.2 Å². The van der Waals surface area contributed by atoms with E-state index in [4.69, 9.17) is 14.9 Å². The van der Waals surface area contributed by atoms with Gasteiger partial charge in [0.1, 0.15) is 11.9 Å². The Morgan fingerprint density at radius 3 is 2.87 bits per heavy atom. The van der Waals surface area contributed by atoms with Crippen molar-refractivity contribution in [3.8, 4) is 5.75 Å². The second kappa shape index (κ2) is 5.36. The van der Waals surface area contributed by atoms with Crippen molar-refractivity contribution in [1.29, 1.82) is 0 Å². The average Bonchev–Trinajstić information content (AvgIpc) is 2.16. The maximum Gasteiger partial charge on any atom is 0.307 e. The van der Waals surface area contributed by atoms with Crippen molar-refractivity contribution in [3.63, 3.8) is 0 Å². The van der Waals surface area contributed by atoms with Crippen molar-refractivity contribution in [2.24, 2.45) is 0 Å². The lowest BCUT2D eigenvalue weighted by Gasteiger charge is -2.12. The summed E-state index contributed by atoms with van der Waals surface area (Å²) in [7, 11) is 0. The van der Waals surface area contributed by atoms with E-state index < -0.39 is 5.97 Å². The molecule has 0 saturated heterocycles. The predicted octanol–water partition coefficient (Wildman–Crippen LogP) is 1.42. The molecular weight excluding hydrogens is 196 g/mol. The van der Waals surface area contributed by atoms with Crippen LogP contribution in [-0.4, -0.2) is 22.3 Å². The third kappa shape index (κ3) is 3.99. The van der Waals surface area contributed by atoms with Crippen molar-refractivity contribution in [2.75, 3.05) is 0 Å². The topological polar surface area (TPSA) is 66.8 Å². The Labute approximate surface area is 88.1 Å². The molecule has 1 rings (SSSR count). The monoisotopic (exact) mass is 210 g/mol. The van der Waals surface area contributed by atoms with Gasteiger partial charge >= 0.3 is 5.97 Å². The van der Waals surface area contributed by atoms with Crippen LogP contribution in [0, 0.1) is 0 Å². The van der Waals surface area contributed by atoms with Crippen LogP contribution >= 0.6 is 0 Å². The normalized spacial score (nSPS) is 12.1. The Kier molecular flexibility index (Phi) is 4.12. The molecule has 4 heteroatoms. The van der Waals surface area contributed by atoms with E-state index in [-0.39, 0.29) is 19.1 Å². The molecular formula is C11H14O4. The van der Waals surface area contributed by atoms with Crippen molar-refractivity contribution < 1.29 is 19.7 Å². The zero-order valence-electron chi connectivity index (χ0n) is 8.51. The fourth-order valence-corrected chi connectivity index (χ4v) is 1.24. The Balaban J connectivity index is 2.59. The van der Waals surface area contributed by atoms with Gasteiger partial charge in [-0.15, -0.1) is 0 Å². The number of ether oxygens (including phenoxy) is 1. The van der Waals surface area contributed by atoms with Gasteiger partial charge < -0.3 is 14.9 Å². The summed E-state index contributed by atoms with van der Waals surface area (Å²) in [4.78, 5) is 10.4.